The average Bonchev–Trinajstić information content (AvgIpc) is 2.45. The van der Waals surface area contributed by atoms with Gasteiger partial charge in [-0.15, -0.1) is 0 Å². The third-order valence-corrected chi connectivity index (χ3v) is 3.90. The largest absolute Gasteiger partial charge is 0.507 e. The minimum atomic E-state index is -0.102. The van der Waals surface area contributed by atoms with Crippen LogP contribution >= 0.6 is 0 Å². The molecule has 0 radical (unpaired) electrons. The summed E-state index contributed by atoms with van der Waals surface area (Å²) in [5.41, 5.74) is 1.52. The summed E-state index contributed by atoms with van der Waals surface area (Å²) >= 11 is 0. The van der Waals surface area contributed by atoms with Crippen molar-refractivity contribution in [1.82, 2.24) is 4.90 Å². The molecular formula is C17H17NO2. The van der Waals surface area contributed by atoms with E-state index in [2.05, 4.69) is 6.92 Å². The lowest BCUT2D eigenvalue weighted by Crippen LogP contribution is -2.51. The van der Waals surface area contributed by atoms with Crippen LogP contribution in [0.3, 0.4) is 0 Å². The van der Waals surface area contributed by atoms with Crippen molar-refractivity contribution in [2.24, 2.45) is 5.92 Å². The molecule has 1 saturated heterocycles. The SMILES string of the molecule is C[C@H]1CN(C(=O)c2ccccc2O)[C@@H]1c1ccccc1. The highest BCUT2D eigenvalue weighted by Crippen LogP contribution is 2.40. The number of hydrogen-bond donors (Lipinski definition) is 1. The number of benzene rings is 2. The van der Waals surface area contributed by atoms with Gasteiger partial charge in [-0.3, -0.25) is 4.79 Å². The molecule has 0 aromatic heterocycles. The summed E-state index contributed by atoms with van der Waals surface area (Å²) in [4.78, 5) is 14.4. The molecule has 3 rings (SSSR count). The Bertz CT molecular complexity index is 624. The fraction of sp³-hybridized carbons (Fsp3) is 0.235. The van der Waals surface area contributed by atoms with Gasteiger partial charge in [0.2, 0.25) is 0 Å². The third kappa shape index (κ3) is 2.05. The fourth-order valence-electron chi connectivity index (χ4n) is 2.87. The number of nitrogens with zero attached hydrogens (tertiary/aromatic N) is 1. The molecule has 2 atom stereocenters. The van der Waals surface area contributed by atoms with Gasteiger partial charge in [-0.25, -0.2) is 0 Å². The maximum absolute atomic E-state index is 12.5. The van der Waals surface area contributed by atoms with Gasteiger partial charge in [0.25, 0.3) is 5.91 Å². The van der Waals surface area contributed by atoms with Gasteiger partial charge in [-0.1, -0.05) is 49.4 Å². The maximum Gasteiger partial charge on any atom is 0.258 e. The number of phenolic OH excluding ortho intramolecular Hbond substituents is 1. The predicted octanol–water partition coefficient (Wildman–Crippen LogP) is 3.23. The zero-order valence-electron chi connectivity index (χ0n) is 11.4. The molecule has 0 bridgehead atoms. The molecule has 102 valence electrons. The van der Waals surface area contributed by atoms with Crippen LogP contribution in [0.4, 0.5) is 0 Å². The van der Waals surface area contributed by atoms with E-state index in [1.54, 1.807) is 24.3 Å². The van der Waals surface area contributed by atoms with Gasteiger partial charge in [-0.05, 0) is 23.6 Å². The van der Waals surface area contributed by atoms with Crippen LogP contribution in [0.5, 0.6) is 5.75 Å². The molecule has 3 nitrogen and oxygen atoms in total. The Balaban J connectivity index is 1.88. The molecule has 1 amide bonds. The summed E-state index contributed by atoms with van der Waals surface area (Å²) in [5, 5.41) is 9.82. The monoisotopic (exact) mass is 267 g/mol. The van der Waals surface area contributed by atoms with Crippen molar-refractivity contribution in [1.29, 1.82) is 0 Å². The molecule has 2 aromatic rings. The van der Waals surface area contributed by atoms with Crippen molar-refractivity contribution in [2.45, 2.75) is 13.0 Å². The van der Waals surface area contributed by atoms with E-state index in [1.165, 1.54) is 0 Å². The summed E-state index contributed by atoms with van der Waals surface area (Å²) in [6, 6.07) is 16.9. The van der Waals surface area contributed by atoms with Crippen LogP contribution in [-0.2, 0) is 0 Å². The molecule has 20 heavy (non-hydrogen) atoms. The molecule has 1 fully saturated rings. The van der Waals surface area contributed by atoms with Gasteiger partial charge in [-0.2, -0.15) is 0 Å². The van der Waals surface area contributed by atoms with Crippen LogP contribution in [0.1, 0.15) is 28.9 Å². The number of aromatic hydroxyl groups is 1. The summed E-state index contributed by atoms with van der Waals surface area (Å²) < 4.78 is 0. The second-order valence-corrected chi connectivity index (χ2v) is 5.31. The fourth-order valence-corrected chi connectivity index (χ4v) is 2.87. The van der Waals surface area contributed by atoms with Gasteiger partial charge < -0.3 is 10.0 Å². The van der Waals surface area contributed by atoms with Gasteiger partial charge in [0, 0.05) is 6.54 Å². The van der Waals surface area contributed by atoms with Crippen molar-refractivity contribution >= 4 is 5.91 Å². The Morgan fingerprint density at radius 3 is 2.40 bits per heavy atom. The molecule has 0 unspecified atom stereocenters. The van der Waals surface area contributed by atoms with Crippen LogP contribution in [0.15, 0.2) is 54.6 Å². The molecule has 1 N–H and O–H groups in total. The van der Waals surface area contributed by atoms with E-state index in [-0.39, 0.29) is 17.7 Å². The lowest BCUT2D eigenvalue weighted by Gasteiger charge is -2.47. The number of rotatable bonds is 2. The Hall–Kier alpha value is -2.29. The molecule has 0 saturated carbocycles. The van der Waals surface area contributed by atoms with Crippen molar-refractivity contribution < 1.29 is 9.90 Å². The van der Waals surface area contributed by atoms with Crippen LogP contribution in [0.2, 0.25) is 0 Å². The summed E-state index contributed by atoms with van der Waals surface area (Å²) in [6.07, 6.45) is 0. The molecule has 3 heteroatoms. The van der Waals surface area contributed by atoms with Crippen molar-refractivity contribution in [3.05, 3.63) is 65.7 Å². The van der Waals surface area contributed by atoms with E-state index in [4.69, 9.17) is 0 Å². The number of hydrogen-bond acceptors (Lipinski definition) is 2. The first-order valence-electron chi connectivity index (χ1n) is 6.82. The molecule has 1 aliphatic heterocycles. The van der Waals surface area contributed by atoms with Gasteiger partial charge >= 0.3 is 0 Å². The van der Waals surface area contributed by atoms with Crippen molar-refractivity contribution in [2.75, 3.05) is 6.54 Å². The molecular weight excluding hydrogens is 250 g/mol. The topological polar surface area (TPSA) is 40.5 Å². The highest BCUT2D eigenvalue weighted by Gasteiger charge is 2.40. The molecule has 1 aliphatic rings. The van der Waals surface area contributed by atoms with Crippen LogP contribution in [0.25, 0.3) is 0 Å². The highest BCUT2D eigenvalue weighted by atomic mass is 16.3. The normalized spacial score (nSPS) is 21.4. The van der Waals surface area contributed by atoms with E-state index in [0.29, 0.717) is 11.5 Å². The lowest BCUT2D eigenvalue weighted by atomic mass is 9.84. The quantitative estimate of drug-likeness (QED) is 0.907. The number of amides is 1. The number of phenols is 1. The van der Waals surface area contributed by atoms with E-state index in [1.807, 2.05) is 35.2 Å². The van der Waals surface area contributed by atoms with Gasteiger partial charge in [0.1, 0.15) is 5.75 Å². The smallest absolute Gasteiger partial charge is 0.258 e. The van der Waals surface area contributed by atoms with Crippen molar-refractivity contribution in [3.8, 4) is 5.75 Å². The van der Waals surface area contributed by atoms with E-state index in [0.717, 1.165) is 12.1 Å². The van der Waals surface area contributed by atoms with Crippen LogP contribution < -0.4 is 0 Å². The zero-order valence-corrected chi connectivity index (χ0v) is 11.4. The standard InChI is InChI=1S/C17H17NO2/c1-12-11-18(16(12)13-7-3-2-4-8-13)17(20)14-9-5-6-10-15(14)19/h2-10,12,16,19H,11H2,1H3/t12-,16-/m0/s1. The maximum atomic E-state index is 12.5. The van der Waals surface area contributed by atoms with Crippen molar-refractivity contribution in [3.63, 3.8) is 0 Å². The second kappa shape index (κ2) is 5.00. The Morgan fingerprint density at radius 2 is 1.75 bits per heavy atom. The van der Waals surface area contributed by atoms with Gasteiger partial charge in [0.15, 0.2) is 0 Å². The third-order valence-electron chi connectivity index (χ3n) is 3.90. The first-order valence-corrected chi connectivity index (χ1v) is 6.82. The predicted molar refractivity (Wildman–Crippen MR) is 77.5 cm³/mol. The molecule has 1 heterocycles. The summed E-state index contributed by atoms with van der Waals surface area (Å²) in [6.45, 7) is 2.87. The Morgan fingerprint density at radius 1 is 1.10 bits per heavy atom. The van der Waals surface area contributed by atoms with Crippen LogP contribution in [-0.4, -0.2) is 22.5 Å². The lowest BCUT2D eigenvalue weighted by molar-refractivity contribution is 0.0195. The molecule has 0 spiro atoms. The van der Waals surface area contributed by atoms with Gasteiger partial charge in [0.05, 0.1) is 11.6 Å². The number of likely N-dealkylation sites (tertiary alicyclic amines) is 1. The Kier molecular flexibility index (Phi) is 3.18. The number of carbonyl (C=O) groups is 1. The van der Waals surface area contributed by atoms with E-state index < -0.39 is 0 Å². The molecule has 0 aliphatic carbocycles. The Labute approximate surface area is 118 Å². The number of carbonyl (C=O) groups excluding carboxylic acids is 1. The first kappa shape index (κ1) is 12.7. The first-order chi connectivity index (χ1) is 9.68. The van der Waals surface area contributed by atoms with Crippen LogP contribution in [0, 0.1) is 5.92 Å². The molecule has 2 aromatic carbocycles. The highest BCUT2D eigenvalue weighted by molar-refractivity contribution is 5.97. The zero-order chi connectivity index (χ0) is 14.1. The van der Waals surface area contributed by atoms with E-state index in [9.17, 15) is 9.90 Å². The minimum absolute atomic E-state index is 0.0452. The minimum Gasteiger partial charge on any atom is -0.507 e. The summed E-state index contributed by atoms with van der Waals surface area (Å²) in [5.74, 6) is 0.381. The van der Waals surface area contributed by atoms with E-state index >= 15 is 0 Å². The average molecular weight is 267 g/mol. The second-order valence-electron chi connectivity index (χ2n) is 5.31. The summed E-state index contributed by atoms with van der Waals surface area (Å²) in [7, 11) is 0. The number of para-hydroxylation sites is 1.